The van der Waals surface area contributed by atoms with Gasteiger partial charge in [0.25, 0.3) is 0 Å². The van der Waals surface area contributed by atoms with Crippen LogP contribution in [-0.2, 0) is 6.42 Å². The van der Waals surface area contributed by atoms with E-state index in [0.29, 0.717) is 0 Å². The highest BCUT2D eigenvalue weighted by molar-refractivity contribution is 5.55. The minimum atomic E-state index is 0.989. The summed E-state index contributed by atoms with van der Waals surface area (Å²) in [6.45, 7) is 4.74. The molecule has 3 rings (SSSR count). The van der Waals surface area contributed by atoms with E-state index in [1.807, 2.05) is 0 Å². The number of aryl methyl sites for hydroxylation is 1. The molecule has 0 saturated heterocycles. The highest BCUT2D eigenvalue weighted by Gasteiger charge is 2.20. The van der Waals surface area contributed by atoms with Gasteiger partial charge in [-0.2, -0.15) is 0 Å². The van der Waals surface area contributed by atoms with E-state index in [4.69, 9.17) is 0 Å². The van der Waals surface area contributed by atoms with Gasteiger partial charge in [-0.25, -0.2) is 0 Å². The van der Waals surface area contributed by atoms with E-state index in [-0.39, 0.29) is 0 Å². The number of fused-ring (bicyclic) bond motifs is 1. The van der Waals surface area contributed by atoms with Crippen LogP contribution in [0.15, 0.2) is 24.3 Å². The van der Waals surface area contributed by atoms with Gasteiger partial charge in [-0.1, -0.05) is 18.2 Å². The number of nitrogens with zero attached hydrogens (tertiary/aromatic N) is 1. The van der Waals surface area contributed by atoms with Crippen molar-refractivity contribution in [1.82, 2.24) is 5.32 Å². The maximum absolute atomic E-state index is 3.58. The molecule has 17 heavy (non-hydrogen) atoms. The molecule has 0 unspecified atom stereocenters. The SMILES string of the molecule is c1ccc2c(c1)CCCN2CCNCC1CC1. The lowest BCUT2D eigenvalue weighted by Crippen LogP contribution is -2.36. The first kappa shape index (κ1) is 11.1. The van der Waals surface area contributed by atoms with Crippen molar-refractivity contribution in [3.63, 3.8) is 0 Å². The van der Waals surface area contributed by atoms with E-state index in [9.17, 15) is 0 Å². The Morgan fingerprint density at radius 2 is 2.12 bits per heavy atom. The van der Waals surface area contributed by atoms with E-state index >= 15 is 0 Å². The molecular formula is C15H22N2. The van der Waals surface area contributed by atoms with Crippen LogP contribution in [-0.4, -0.2) is 26.2 Å². The zero-order valence-electron chi connectivity index (χ0n) is 10.5. The zero-order chi connectivity index (χ0) is 11.5. The predicted molar refractivity (Wildman–Crippen MR) is 72.6 cm³/mol. The van der Waals surface area contributed by atoms with Gasteiger partial charge in [0.05, 0.1) is 0 Å². The highest BCUT2D eigenvalue weighted by Crippen LogP contribution is 2.28. The third-order valence-electron chi connectivity index (χ3n) is 3.89. The van der Waals surface area contributed by atoms with Crippen LogP contribution in [0.5, 0.6) is 0 Å². The zero-order valence-corrected chi connectivity index (χ0v) is 10.5. The van der Waals surface area contributed by atoms with Gasteiger partial charge in [-0.3, -0.25) is 0 Å². The molecule has 0 spiro atoms. The van der Waals surface area contributed by atoms with Crippen molar-refractivity contribution in [3.8, 4) is 0 Å². The average Bonchev–Trinajstić information content (AvgIpc) is 3.19. The van der Waals surface area contributed by atoms with E-state index in [1.54, 1.807) is 0 Å². The van der Waals surface area contributed by atoms with Gasteiger partial charge in [-0.05, 0) is 49.8 Å². The van der Waals surface area contributed by atoms with Crippen LogP contribution in [0, 0.1) is 5.92 Å². The number of nitrogens with one attached hydrogen (secondary N) is 1. The molecule has 1 aliphatic heterocycles. The molecule has 2 heteroatoms. The molecule has 2 aliphatic rings. The van der Waals surface area contributed by atoms with E-state index in [1.165, 1.54) is 50.0 Å². The first-order valence-corrected chi connectivity index (χ1v) is 6.97. The van der Waals surface area contributed by atoms with Gasteiger partial charge >= 0.3 is 0 Å². The lowest BCUT2D eigenvalue weighted by Gasteiger charge is -2.31. The molecule has 1 aromatic rings. The summed E-state index contributed by atoms with van der Waals surface area (Å²) in [7, 11) is 0. The van der Waals surface area contributed by atoms with Crippen molar-refractivity contribution in [1.29, 1.82) is 0 Å². The monoisotopic (exact) mass is 230 g/mol. The van der Waals surface area contributed by atoms with Gasteiger partial charge in [-0.15, -0.1) is 0 Å². The lowest BCUT2D eigenvalue weighted by molar-refractivity contribution is 0.607. The Morgan fingerprint density at radius 3 is 3.00 bits per heavy atom. The molecule has 1 saturated carbocycles. The smallest absolute Gasteiger partial charge is 0.0399 e. The first-order chi connectivity index (χ1) is 8.43. The Hall–Kier alpha value is -1.02. The Kier molecular flexibility index (Phi) is 3.32. The first-order valence-electron chi connectivity index (χ1n) is 6.97. The van der Waals surface area contributed by atoms with Gasteiger partial charge in [0.15, 0.2) is 0 Å². The topological polar surface area (TPSA) is 15.3 Å². The van der Waals surface area contributed by atoms with Crippen LogP contribution >= 0.6 is 0 Å². The number of hydrogen-bond donors (Lipinski definition) is 1. The average molecular weight is 230 g/mol. The summed E-state index contributed by atoms with van der Waals surface area (Å²) in [4.78, 5) is 2.54. The van der Waals surface area contributed by atoms with Crippen LogP contribution < -0.4 is 10.2 Å². The summed E-state index contributed by atoms with van der Waals surface area (Å²) in [6, 6.07) is 8.87. The molecule has 1 fully saturated rings. The van der Waals surface area contributed by atoms with Crippen molar-refractivity contribution in [3.05, 3.63) is 29.8 Å². The molecule has 2 nitrogen and oxygen atoms in total. The largest absolute Gasteiger partial charge is 0.370 e. The summed E-state index contributed by atoms with van der Waals surface area (Å²) >= 11 is 0. The van der Waals surface area contributed by atoms with Gasteiger partial charge in [0, 0.05) is 25.3 Å². The maximum atomic E-state index is 3.58. The molecule has 0 amide bonds. The van der Waals surface area contributed by atoms with Crippen LogP contribution in [0.1, 0.15) is 24.8 Å². The van der Waals surface area contributed by atoms with Crippen molar-refractivity contribution in [2.75, 3.05) is 31.1 Å². The third kappa shape index (κ3) is 2.81. The summed E-state index contributed by atoms with van der Waals surface area (Å²) in [5.74, 6) is 0.989. The number of rotatable bonds is 5. The molecule has 0 aromatic heterocycles. The molecule has 92 valence electrons. The minimum Gasteiger partial charge on any atom is -0.370 e. The number of para-hydroxylation sites is 1. The minimum absolute atomic E-state index is 0.989. The Morgan fingerprint density at radius 1 is 1.24 bits per heavy atom. The molecule has 0 atom stereocenters. The third-order valence-corrected chi connectivity index (χ3v) is 3.89. The van der Waals surface area contributed by atoms with E-state index in [0.717, 1.165) is 19.0 Å². The summed E-state index contributed by atoms with van der Waals surface area (Å²) < 4.78 is 0. The molecule has 1 N–H and O–H groups in total. The summed E-state index contributed by atoms with van der Waals surface area (Å²) in [5.41, 5.74) is 2.99. The summed E-state index contributed by atoms with van der Waals surface area (Å²) in [6.07, 6.45) is 5.45. The number of anilines is 1. The van der Waals surface area contributed by atoms with Crippen LogP contribution in [0.3, 0.4) is 0 Å². The fourth-order valence-electron chi connectivity index (χ4n) is 2.69. The van der Waals surface area contributed by atoms with Gasteiger partial charge in [0.2, 0.25) is 0 Å². The Balaban J connectivity index is 1.52. The van der Waals surface area contributed by atoms with Gasteiger partial charge < -0.3 is 10.2 Å². The van der Waals surface area contributed by atoms with Crippen molar-refractivity contribution >= 4 is 5.69 Å². The normalized spacial score (nSPS) is 19.2. The van der Waals surface area contributed by atoms with Crippen molar-refractivity contribution in [2.45, 2.75) is 25.7 Å². The molecular weight excluding hydrogens is 208 g/mol. The second-order valence-electron chi connectivity index (χ2n) is 5.37. The van der Waals surface area contributed by atoms with Crippen LogP contribution in [0.25, 0.3) is 0 Å². The molecule has 0 radical (unpaired) electrons. The van der Waals surface area contributed by atoms with Crippen molar-refractivity contribution < 1.29 is 0 Å². The fraction of sp³-hybridized carbons (Fsp3) is 0.600. The van der Waals surface area contributed by atoms with Crippen LogP contribution in [0.4, 0.5) is 5.69 Å². The molecule has 0 bridgehead atoms. The van der Waals surface area contributed by atoms with E-state index in [2.05, 4.69) is 34.5 Å². The Labute approximate surface area is 104 Å². The summed E-state index contributed by atoms with van der Waals surface area (Å²) in [5, 5.41) is 3.58. The maximum Gasteiger partial charge on any atom is 0.0399 e. The molecule has 1 aromatic carbocycles. The van der Waals surface area contributed by atoms with E-state index < -0.39 is 0 Å². The quantitative estimate of drug-likeness (QED) is 0.782. The molecule has 1 aliphatic carbocycles. The standard InChI is InChI=1S/C15H22N2/c1-2-6-15-14(4-1)5-3-10-17(15)11-9-16-12-13-7-8-13/h1-2,4,6,13,16H,3,5,7-12H2. The van der Waals surface area contributed by atoms with Gasteiger partial charge in [0.1, 0.15) is 0 Å². The Bertz CT molecular complexity index is 371. The van der Waals surface area contributed by atoms with Crippen LogP contribution in [0.2, 0.25) is 0 Å². The van der Waals surface area contributed by atoms with Crippen molar-refractivity contribution in [2.24, 2.45) is 5.92 Å². The predicted octanol–water partition coefficient (Wildman–Crippen LogP) is 2.44. The second kappa shape index (κ2) is 5.09. The number of benzene rings is 1. The molecule has 1 heterocycles. The highest BCUT2D eigenvalue weighted by atomic mass is 15.1. The lowest BCUT2D eigenvalue weighted by atomic mass is 10.0. The second-order valence-corrected chi connectivity index (χ2v) is 5.37. The number of hydrogen-bond acceptors (Lipinski definition) is 2. The fourth-order valence-corrected chi connectivity index (χ4v) is 2.69.